The molecule has 1 aliphatic heterocycles. The van der Waals surface area contributed by atoms with Crippen LogP contribution in [0.2, 0.25) is 5.02 Å². The SMILES string of the molecule is O=C(Cc1csc(N2CCNC2=O)n1)Nc1cccc(Cl)c1-n1cncn1. The number of carbonyl (C=O) groups excluding carboxylic acids is 2. The Morgan fingerprint density at radius 1 is 1.41 bits per heavy atom. The molecule has 9 nitrogen and oxygen atoms in total. The maximum Gasteiger partial charge on any atom is 0.323 e. The minimum absolute atomic E-state index is 0.0786. The Balaban J connectivity index is 1.49. The van der Waals surface area contributed by atoms with Gasteiger partial charge in [0.05, 0.1) is 22.8 Å². The van der Waals surface area contributed by atoms with Crippen LogP contribution in [0, 0.1) is 0 Å². The molecule has 11 heteroatoms. The number of hydrogen-bond donors (Lipinski definition) is 2. The predicted octanol–water partition coefficient (Wildman–Crippen LogP) is 2.09. The van der Waals surface area contributed by atoms with Gasteiger partial charge < -0.3 is 10.6 Å². The number of nitrogens with one attached hydrogen (secondary N) is 2. The van der Waals surface area contributed by atoms with Crippen molar-refractivity contribution >= 4 is 45.7 Å². The van der Waals surface area contributed by atoms with Crippen LogP contribution in [0.15, 0.2) is 36.2 Å². The van der Waals surface area contributed by atoms with Crippen LogP contribution in [-0.4, -0.2) is 44.8 Å². The highest BCUT2D eigenvalue weighted by Crippen LogP contribution is 2.28. The van der Waals surface area contributed by atoms with Crippen molar-refractivity contribution < 1.29 is 9.59 Å². The van der Waals surface area contributed by atoms with Crippen molar-refractivity contribution in [3.63, 3.8) is 0 Å². The molecule has 0 saturated carbocycles. The van der Waals surface area contributed by atoms with Gasteiger partial charge in [-0.25, -0.2) is 19.4 Å². The molecule has 3 aromatic rings. The number of urea groups is 1. The van der Waals surface area contributed by atoms with Crippen molar-refractivity contribution in [3.05, 3.63) is 47.0 Å². The van der Waals surface area contributed by atoms with Gasteiger partial charge >= 0.3 is 6.03 Å². The van der Waals surface area contributed by atoms with E-state index < -0.39 is 0 Å². The summed E-state index contributed by atoms with van der Waals surface area (Å²) in [4.78, 5) is 34.0. The minimum Gasteiger partial charge on any atom is -0.336 e. The molecular formula is C16H14ClN7O2S. The van der Waals surface area contributed by atoms with Crippen LogP contribution in [-0.2, 0) is 11.2 Å². The van der Waals surface area contributed by atoms with Gasteiger partial charge in [0.2, 0.25) is 5.91 Å². The number of nitrogens with zero attached hydrogens (tertiary/aromatic N) is 5. The Kier molecular flexibility index (Phi) is 4.73. The highest BCUT2D eigenvalue weighted by Gasteiger charge is 2.24. The van der Waals surface area contributed by atoms with Crippen LogP contribution in [0.4, 0.5) is 15.6 Å². The highest BCUT2D eigenvalue weighted by molar-refractivity contribution is 7.14. The highest BCUT2D eigenvalue weighted by atomic mass is 35.5. The zero-order valence-electron chi connectivity index (χ0n) is 13.9. The molecule has 1 aromatic carbocycles. The van der Waals surface area contributed by atoms with Crippen molar-refractivity contribution in [2.75, 3.05) is 23.3 Å². The number of carbonyl (C=O) groups is 2. The standard InChI is InChI=1S/C16H14ClN7O2S/c17-11-2-1-3-12(14(11)24-9-18-8-20-24)22-13(25)6-10-7-27-16(21-10)23-5-4-19-15(23)26/h1-3,7-9H,4-6H2,(H,19,26)(H,22,25). The molecule has 27 heavy (non-hydrogen) atoms. The predicted molar refractivity (Wildman–Crippen MR) is 102 cm³/mol. The summed E-state index contributed by atoms with van der Waals surface area (Å²) in [6, 6.07) is 5.02. The molecular weight excluding hydrogens is 390 g/mol. The molecule has 1 aliphatic rings. The molecule has 3 heterocycles. The van der Waals surface area contributed by atoms with Crippen LogP contribution in [0.5, 0.6) is 0 Å². The van der Waals surface area contributed by atoms with Crippen LogP contribution in [0.25, 0.3) is 5.69 Å². The maximum atomic E-state index is 12.5. The Hall–Kier alpha value is -2.98. The molecule has 0 spiro atoms. The van der Waals surface area contributed by atoms with Crippen molar-refractivity contribution in [1.82, 2.24) is 25.1 Å². The fraction of sp³-hybridized carbons (Fsp3) is 0.188. The lowest BCUT2D eigenvalue weighted by Gasteiger charge is -2.12. The number of thiazole rings is 1. The minimum atomic E-state index is -0.249. The number of rotatable bonds is 5. The fourth-order valence-electron chi connectivity index (χ4n) is 2.69. The number of para-hydroxylation sites is 1. The third-order valence-electron chi connectivity index (χ3n) is 3.88. The van der Waals surface area contributed by atoms with Gasteiger partial charge in [-0.3, -0.25) is 9.69 Å². The third-order valence-corrected chi connectivity index (χ3v) is 5.10. The first-order valence-corrected chi connectivity index (χ1v) is 9.31. The normalized spacial score (nSPS) is 13.7. The molecule has 2 aromatic heterocycles. The number of benzene rings is 1. The van der Waals surface area contributed by atoms with Gasteiger partial charge in [-0.1, -0.05) is 17.7 Å². The molecule has 0 unspecified atom stereocenters. The second kappa shape index (κ2) is 7.33. The van der Waals surface area contributed by atoms with E-state index in [1.54, 1.807) is 28.5 Å². The first-order valence-electron chi connectivity index (χ1n) is 8.05. The van der Waals surface area contributed by atoms with Gasteiger partial charge in [0.25, 0.3) is 0 Å². The third kappa shape index (κ3) is 3.62. The van der Waals surface area contributed by atoms with Crippen molar-refractivity contribution in [2.45, 2.75) is 6.42 Å². The zero-order chi connectivity index (χ0) is 18.8. The van der Waals surface area contributed by atoms with E-state index >= 15 is 0 Å². The summed E-state index contributed by atoms with van der Waals surface area (Å²) in [6.45, 7) is 1.16. The quantitative estimate of drug-likeness (QED) is 0.678. The van der Waals surface area contributed by atoms with Crippen LogP contribution in [0.1, 0.15) is 5.69 Å². The lowest BCUT2D eigenvalue weighted by atomic mass is 10.2. The van der Waals surface area contributed by atoms with Gasteiger partial charge in [0.15, 0.2) is 5.13 Å². The van der Waals surface area contributed by atoms with Gasteiger partial charge in [0.1, 0.15) is 18.3 Å². The second-order valence-electron chi connectivity index (χ2n) is 5.71. The molecule has 3 amide bonds. The van der Waals surface area contributed by atoms with Gasteiger partial charge in [-0.2, -0.15) is 5.10 Å². The molecule has 1 fully saturated rings. The largest absolute Gasteiger partial charge is 0.336 e. The molecule has 138 valence electrons. The Labute approximate surface area is 163 Å². The summed E-state index contributed by atoms with van der Waals surface area (Å²) in [7, 11) is 0. The summed E-state index contributed by atoms with van der Waals surface area (Å²) in [6.07, 6.45) is 2.97. The molecule has 0 radical (unpaired) electrons. The molecule has 0 aliphatic carbocycles. The molecule has 0 bridgehead atoms. The van der Waals surface area contributed by atoms with Crippen molar-refractivity contribution in [3.8, 4) is 5.69 Å². The molecule has 4 rings (SSSR count). The maximum absolute atomic E-state index is 12.5. The van der Waals surface area contributed by atoms with E-state index in [1.807, 2.05) is 0 Å². The van der Waals surface area contributed by atoms with E-state index in [0.717, 1.165) is 0 Å². The van der Waals surface area contributed by atoms with E-state index in [9.17, 15) is 9.59 Å². The van der Waals surface area contributed by atoms with Gasteiger partial charge in [-0.15, -0.1) is 11.3 Å². The average Bonchev–Trinajstić information content (AvgIpc) is 3.37. The second-order valence-corrected chi connectivity index (χ2v) is 6.95. The summed E-state index contributed by atoms with van der Waals surface area (Å²) >= 11 is 7.59. The first-order chi connectivity index (χ1) is 13.1. The summed E-state index contributed by atoms with van der Waals surface area (Å²) in [5.74, 6) is -0.249. The lowest BCUT2D eigenvalue weighted by Crippen LogP contribution is -2.27. The van der Waals surface area contributed by atoms with Crippen LogP contribution < -0.4 is 15.5 Å². The smallest absolute Gasteiger partial charge is 0.323 e. The number of aromatic nitrogens is 4. The molecule has 2 N–H and O–H groups in total. The van der Waals surface area contributed by atoms with Crippen LogP contribution in [0.3, 0.4) is 0 Å². The van der Waals surface area contributed by atoms with Crippen LogP contribution >= 0.6 is 22.9 Å². The van der Waals surface area contributed by atoms with Gasteiger partial charge in [0, 0.05) is 18.5 Å². The Morgan fingerprint density at radius 3 is 3.04 bits per heavy atom. The topological polar surface area (TPSA) is 105 Å². The number of anilines is 2. The monoisotopic (exact) mass is 403 g/mol. The summed E-state index contributed by atoms with van der Waals surface area (Å²) in [5, 5.41) is 12.4. The average molecular weight is 404 g/mol. The van der Waals surface area contributed by atoms with E-state index in [4.69, 9.17) is 11.6 Å². The lowest BCUT2D eigenvalue weighted by molar-refractivity contribution is -0.115. The first kappa shape index (κ1) is 17.4. The molecule has 1 saturated heterocycles. The summed E-state index contributed by atoms with van der Waals surface area (Å²) in [5.41, 5.74) is 1.65. The fourth-order valence-corrected chi connectivity index (χ4v) is 3.80. The van der Waals surface area contributed by atoms with Gasteiger partial charge in [-0.05, 0) is 12.1 Å². The van der Waals surface area contributed by atoms with Crippen molar-refractivity contribution in [2.24, 2.45) is 0 Å². The molecule has 0 atom stereocenters. The van der Waals surface area contributed by atoms with Crippen molar-refractivity contribution in [1.29, 1.82) is 0 Å². The van der Waals surface area contributed by atoms with E-state index in [-0.39, 0.29) is 18.4 Å². The number of halogens is 1. The zero-order valence-corrected chi connectivity index (χ0v) is 15.5. The van der Waals surface area contributed by atoms with E-state index in [0.29, 0.717) is 40.3 Å². The Morgan fingerprint density at radius 2 is 2.30 bits per heavy atom. The van der Waals surface area contributed by atoms with E-state index in [2.05, 4.69) is 25.7 Å². The Bertz CT molecular complexity index is 989. The number of hydrogen-bond acceptors (Lipinski definition) is 6. The van der Waals surface area contributed by atoms with E-state index in [1.165, 1.54) is 28.7 Å². The summed E-state index contributed by atoms with van der Waals surface area (Å²) < 4.78 is 1.49. The number of amides is 3.